The summed E-state index contributed by atoms with van der Waals surface area (Å²) in [5, 5.41) is 0. The number of carbonyl (C=O) groups is 1. The Balaban J connectivity index is 2.49. The smallest absolute Gasteiger partial charge is 0.159 e. The maximum atomic E-state index is 13.8. The average molecular weight is 247 g/mol. The summed E-state index contributed by atoms with van der Waals surface area (Å²) >= 11 is 0. The van der Waals surface area contributed by atoms with Gasteiger partial charge in [0.1, 0.15) is 11.5 Å². The average Bonchev–Trinajstić information content (AvgIpc) is 2.36. The molecule has 0 atom stereocenters. The zero-order valence-corrected chi connectivity index (χ0v) is 9.71. The lowest BCUT2D eigenvalue weighted by atomic mass is 10.0. The van der Waals surface area contributed by atoms with Crippen LogP contribution in [-0.2, 0) is 0 Å². The molecule has 0 amide bonds. The number of ketones is 1. The van der Waals surface area contributed by atoms with Crippen molar-refractivity contribution in [3.05, 3.63) is 53.6 Å². The number of hydrogen-bond donors (Lipinski definition) is 1. The number of rotatable bonds is 2. The second kappa shape index (κ2) is 4.56. The van der Waals surface area contributed by atoms with Crippen molar-refractivity contribution in [3.8, 4) is 11.1 Å². The molecule has 2 N–H and O–H groups in total. The van der Waals surface area contributed by atoms with Crippen LogP contribution in [0.3, 0.4) is 0 Å². The minimum Gasteiger partial charge on any atom is -0.394 e. The normalized spacial score (nSPS) is 10.4. The van der Waals surface area contributed by atoms with Crippen molar-refractivity contribution in [3.63, 3.8) is 0 Å². The molecule has 0 aliphatic carbocycles. The molecule has 0 fully saturated rings. The lowest BCUT2D eigenvalue weighted by Crippen LogP contribution is -1.98. The summed E-state index contributed by atoms with van der Waals surface area (Å²) in [5.41, 5.74) is 6.09. The molecular formula is C14H11F2NO. The van der Waals surface area contributed by atoms with Gasteiger partial charge in [0.25, 0.3) is 0 Å². The van der Waals surface area contributed by atoms with Crippen LogP contribution in [0.1, 0.15) is 17.3 Å². The van der Waals surface area contributed by atoms with Crippen molar-refractivity contribution < 1.29 is 13.6 Å². The highest BCUT2D eigenvalue weighted by Gasteiger charge is 2.12. The number of halogens is 2. The van der Waals surface area contributed by atoms with E-state index in [1.807, 2.05) is 0 Å². The molecule has 0 saturated heterocycles. The van der Waals surface area contributed by atoms with Crippen LogP contribution >= 0.6 is 0 Å². The molecule has 2 rings (SSSR count). The molecule has 4 heteroatoms. The molecule has 0 aliphatic rings. The highest BCUT2D eigenvalue weighted by Crippen LogP contribution is 2.28. The number of benzene rings is 2. The van der Waals surface area contributed by atoms with Crippen molar-refractivity contribution in [2.24, 2.45) is 0 Å². The van der Waals surface area contributed by atoms with Crippen molar-refractivity contribution in [1.82, 2.24) is 0 Å². The molecule has 2 aromatic carbocycles. The quantitative estimate of drug-likeness (QED) is 0.652. The number of carbonyl (C=O) groups excluding carboxylic acids is 1. The molecule has 0 aliphatic heterocycles. The van der Waals surface area contributed by atoms with Crippen LogP contribution < -0.4 is 5.73 Å². The predicted octanol–water partition coefficient (Wildman–Crippen LogP) is 3.42. The van der Waals surface area contributed by atoms with Crippen LogP contribution in [0, 0.1) is 11.6 Å². The van der Waals surface area contributed by atoms with E-state index in [0.29, 0.717) is 11.1 Å². The van der Waals surface area contributed by atoms with Crippen molar-refractivity contribution in [2.45, 2.75) is 6.92 Å². The van der Waals surface area contributed by atoms with Gasteiger partial charge in [-0.05, 0) is 24.6 Å². The molecule has 0 radical (unpaired) electrons. The topological polar surface area (TPSA) is 43.1 Å². The van der Waals surface area contributed by atoms with Gasteiger partial charge in [0.2, 0.25) is 0 Å². The third-order valence-electron chi connectivity index (χ3n) is 2.73. The molecule has 2 nitrogen and oxygen atoms in total. The first-order chi connectivity index (χ1) is 8.50. The summed E-state index contributed by atoms with van der Waals surface area (Å²) in [6.45, 7) is 1.45. The van der Waals surface area contributed by atoms with E-state index in [1.165, 1.54) is 13.0 Å². The number of nitrogens with two attached hydrogens (primary N) is 1. The molecule has 92 valence electrons. The number of nitrogen functional groups attached to an aromatic ring is 1. The van der Waals surface area contributed by atoms with E-state index >= 15 is 0 Å². The van der Waals surface area contributed by atoms with Gasteiger partial charge in [-0.2, -0.15) is 0 Å². The zero-order chi connectivity index (χ0) is 13.3. The van der Waals surface area contributed by atoms with Gasteiger partial charge in [0.05, 0.1) is 0 Å². The first-order valence-electron chi connectivity index (χ1n) is 5.35. The molecular weight excluding hydrogens is 236 g/mol. The van der Waals surface area contributed by atoms with E-state index in [-0.39, 0.29) is 11.3 Å². The monoisotopic (exact) mass is 247 g/mol. The van der Waals surface area contributed by atoms with E-state index in [1.54, 1.807) is 24.3 Å². The summed E-state index contributed by atoms with van der Waals surface area (Å²) < 4.78 is 26.8. The molecule has 0 aromatic heterocycles. The van der Waals surface area contributed by atoms with Gasteiger partial charge in [-0.25, -0.2) is 8.78 Å². The van der Waals surface area contributed by atoms with Crippen molar-refractivity contribution >= 4 is 11.5 Å². The Labute approximate surface area is 103 Å². The standard InChI is InChI=1S/C14H11F2NO/c1-8(18)9-2-4-10(5-3-9)11-6-7-12(15)14(17)13(11)16/h2-7H,17H2,1H3. The second-order valence-electron chi connectivity index (χ2n) is 3.96. The molecule has 2 aromatic rings. The van der Waals surface area contributed by atoms with Crippen molar-refractivity contribution in [1.29, 1.82) is 0 Å². The van der Waals surface area contributed by atoms with E-state index in [9.17, 15) is 13.6 Å². The highest BCUT2D eigenvalue weighted by molar-refractivity contribution is 5.94. The minimum absolute atomic E-state index is 0.0689. The number of Topliss-reactive ketones (excluding diaryl/α,β-unsaturated/α-hetero) is 1. The third kappa shape index (κ3) is 2.09. The van der Waals surface area contributed by atoms with Gasteiger partial charge in [0, 0.05) is 11.1 Å². The SMILES string of the molecule is CC(=O)c1ccc(-c2ccc(F)c(N)c2F)cc1. The van der Waals surface area contributed by atoms with E-state index in [2.05, 4.69) is 0 Å². The number of hydrogen-bond acceptors (Lipinski definition) is 2. The molecule has 0 spiro atoms. The van der Waals surface area contributed by atoms with Gasteiger partial charge in [-0.3, -0.25) is 4.79 Å². The van der Waals surface area contributed by atoms with E-state index in [4.69, 9.17) is 5.73 Å². The Bertz CT molecular complexity index is 606. The Hall–Kier alpha value is -2.23. The Morgan fingerprint density at radius 2 is 1.67 bits per heavy atom. The van der Waals surface area contributed by atoms with Gasteiger partial charge >= 0.3 is 0 Å². The summed E-state index contributed by atoms with van der Waals surface area (Å²) in [7, 11) is 0. The Morgan fingerprint density at radius 1 is 1.06 bits per heavy atom. The summed E-state index contributed by atoms with van der Waals surface area (Å²) in [6.07, 6.45) is 0. The fourth-order valence-electron chi connectivity index (χ4n) is 1.68. The van der Waals surface area contributed by atoms with Gasteiger partial charge < -0.3 is 5.73 Å². The second-order valence-corrected chi connectivity index (χ2v) is 3.96. The molecule has 0 bridgehead atoms. The van der Waals surface area contributed by atoms with Gasteiger partial charge in [-0.15, -0.1) is 0 Å². The minimum atomic E-state index is -0.787. The first-order valence-corrected chi connectivity index (χ1v) is 5.35. The Kier molecular flexibility index (Phi) is 3.10. The zero-order valence-electron chi connectivity index (χ0n) is 9.71. The Morgan fingerprint density at radius 3 is 2.22 bits per heavy atom. The fourth-order valence-corrected chi connectivity index (χ4v) is 1.68. The third-order valence-corrected chi connectivity index (χ3v) is 2.73. The number of anilines is 1. The lowest BCUT2D eigenvalue weighted by molar-refractivity contribution is 0.101. The molecule has 0 heterocycles. The van der Waals surface area contributed by atoms with Gasteiger partial charge in [0.15, 0.2) is 11.6 Å². The maximum absolute atomic E-state index is 13.8. The van der Waals surface area contributed by atoms with Crippen LogP contribution in [0.4, 0.5) is 14.5 Å². The maximum Gasteiger partial charge on any atom is 0.159 e. The molecule has 18 heavy (non-hydrogen) atoms. The van der Waals surface area contributed by atoms with Crippen LogP contribution in [-0.4, -0.2) is 5.78 Å². The lowest BCUT2D eigenvalue weighted by Gasteiger charge is -2.07. The van der Waals surface area contributed by atoms with E-state index in [0.717, 1.165) is 6.07 Å². The fraction of sp³-hybridized carbons (Fsp3) is 0.0714. The van der Waals surface area contributed by atoms with Crippen molar-refractivity contribution in [2.75, 3.05) is 5.73 Å². The highest BCUT2D eigenvalue weighted by atomic mass is 19.1. The summed E-state index contributed by atoms with van der Waals surface area (Å²) in [4.78, 5) is 11.1. The van der Waals surface area contributed by atoms with Crippen LogP contribution in [0.25, 0.3) is 11.1 Å². The first kappa shape index (κ1) is 12.2. The van der Waals surface area contributed by atoms with Gasteiger partial charge in [-0.1, -0.05) is 24.3 Å². The molecule has 0 saturated carbocycles. The summed E-state index contributed by atoms with van der Waals surface area (Å²) in [6, 6.07) is 8.84. The summed E-state index contributed by atoms with van der Waals surface area (Å²) in [5.74, 6) is -1.64. The van der Waals surface area contributed by atoms with Crippen LogP contribution in [0.5, 0.6) is 0 Å². The van der Waals surface area contributed by atoms with Crippen LogP contribution in [0.2, 0.25) is 0 Å². The largest absolute Gasteiger partial charge is 0.394 e. The van der Waals surface area contributed by atoms with E-state index < -0.39 is 17.3 Å². The predicted molar refractivity (Wildman–Crippen MR) is 66.2 cm³/mol. The molecule has 0 unspecified atom stereocenters. The van der Waals surface area contributed by atoms with Crippen LogP contribution in [0.15, 0.2) is 36.4 Å².